The van der Waals surface area contributed by atoms with Crippen molar-refractivity contribution in [3.8, 4) is 0 Å². The first-order valence-corrected chi connectivity index (χ1v) is 7.19. The lowest BCUT2D eigenvalue weighted by molar-refractivity contribution is 0.111. The minimum Gasteiger partial charge on any atom is -0.377 e. The van der Waals surface area contributed by atoms with E-state index in [9.17, 15) is 0 Å². The second-order valence-electron chi connectivity index (χ2n) is 5.07. The highest BCUT2D eigenvalue weighted by Crippen LogP contribution is 2.34. The molecule has 2 aliphatic rings. The third-order valence-electron chi connectivity index (χ3n) is 3.97. The van der Waals surface area contributed by atoms with E-state index in [1.165, 1.54) is 28.4 Å². The van der Waals surface area contributed by atoms with Crippen LogP contribution in [0, 0.1) is 0 Å². The first-order chi connectivity index (χ1) is 8.24. The highest BCUT2D eigenvalue weighted by Gasteiger charge is 2.30. The fourth-order valence-electron chi connectivity index (χ4n) is 2.97. The Labute approximate surface area is 111 Å². The van der Waals surface area contributed by atoms with Gasteiger partial charge in [-0.25, -0.2) is 0 Å². The summed E-state index contributed by atoms with van der Waals surface area (Å²) in [5.74, 6) is 0. The average Bonchev–Trinajstić information content (AvgIpc) is 2.87. The Hall–Kier alpha value is -0.380. The molecule has 0 radical (unpaired) electrons. The van der Waals surface area contributed by atoms with Crippen molar-refractivity contribution >= 4 is 15.9 Å². The molecule has 3 rings (SSSR count). The molecule has 0 spiro atoms. The number of aryl methyl sites for hydroxylation is 1. The molecule has 3 unspecified atom stereocenters. The van der Waals surface area contributed by atoms with E-state index in [1.807, 2.05) is 0 Å². The van der Waals surface area contributed by atoms with Gasteiger partial charge in [-0.05, 0) is 49.4 Å². The van der Waals surface area contributed by atoms with Crippen molar-refractivity contribution in [3.05, 3.63) is 33.8 Å². The molecule has 17 heavy (non-hydrogen) atoms. The number of fused-ring (bicyclic) bond motifs is 1. The Kier molecular flexibility index (Phi) is 3.24. The van der Waals surface area contributed by atoms with Gasteiger partial charge in [0.2, 0.25) is 0 Å². The second kappa shape index (κ2) is 4.71. The SMILES string of the molecule is CC1OCCC1NC1CCc2cc(Br)ccc21. The number of hydrogen-bond acceptors (Lipinski definition) is 2. The van der Waals surface area contributed by atoms with Crippen LogP contribution in [0.2, 0.25) is 0 Å². The maximum absolute atomic E-state index is 5.61. The fourth-order valence-corrected chi connectivity index (χ4v) is 3.38. The van der Waals surface area contributed by atoms with Crippen LogP contribution in [0.4, 0.5) is 0 Å². The second-order valence-corrected chi connectivity index (χ2v) is 5.99. The molecule has 1 N–H and O–H groups in total. The Morgan fingerprint density at radius 3 is 3.00 bits per heavy atom. The third-order valence-corrected chi connectivity index (χ3v) is 4.47. The highest BCUT2D eigenvalue weighted by molar-refractivity contribution is 9.10. The first-order valence-electron chi connectivity index (χ1n) is 6.40. The molecular formula is C14H18BrNO. The highest BCUT2D eigenvalue weighted by atomic mass is 79.9. The quantitative estimate of drug-likeness (QED) is 0.905. The molecule has 1 fully saturated rings. The number of benzene rings is 1. The van der Waals surface area contributed by atoms with E-state index in [2.05, 4.69) is 46.4 Å². The molecule has 1 aromatic carbocycles. The van der Waals surface area contributed by atoms with Gasteiger partial charge in [-0.1, -0.05) is 22.0 Å². The minimum absolute atomic E-state index is 0.356. The number of nitrogens with one attached hydrogen (secondary N) is 1. The van der Waals surface area contributed by atoms with Crippen molar-refractivity contribution in [2.45, 2.75) is 44.4 Å². The van der Waals surface area contributed by atoms with Gasteiger partial charge in [0.1, 0.15) is 0 Å². The predicted octanol–water partition coefficient (Wildman–Crippen LogP) is 3.20. The smallest absolute Gasteiger partial charge is 0.0700 e. The van der Waals surface area contributed by atoms with Crippen molar-refractivity contribution in [3.63, 3.8) is 0 Å². The summed E-state index contributed by atoms with van der Waals surface area (Å²) in [5.41, 5.74) is 2.97. The van der Waals surface area contributed by atoms with Crippen molar-refractivity contribution in [2.24, 2.45) is 0 Å². The molecule has 0 aromatic heterocycles. The Bertz CT molecular complexity index is 421. The van der Waals surface area contributed by atoms with E-state index in [-0.39, 0.29) is 0 Å². The van der Waals surface area contributed by atoms with Gasteiger partial charge in [0.25, 0.3) is 0 Å². The van der Waals surface area contributed by atoms with Gasteiger partial charge >= 0.3 is 0 Å². The molecule has 1 heterocycles. The van der Waals surface area contributed by atoms with E-state index < -0.39 is 0 Å². The molecule has 3 atom stereocenters. The van der Waals surface area contributed by atoms with Crippen molar-refractivity contribution in [1.29, 1.82) is 0 Å². The van der Waals surface area contributed by atoms with Crippen LogP contribution in [0.3, 0.4) is 0 Å². The Morgan fingerprint density at radius 2 is 2.24 bits per heavy atom. The molecule has 0 saturated carbocycles. The summed E-state index contributed by atoms with van der Waals surface area (Å²) in [4.78, 5) is 0. The largest absolute Gasteiger partial charge is 0.377 e. The third kappa shape index (κ3) is 2.28. The standard InChI is InChI=1S/C14H18BrNO/c1-9-13(6-7-17-9)16-14-5-2-10-8-11(15)3-4-12(10)14/h3-4,8-9,13-14,16H,2,5-7H2,1H3. The summed E-state index contributed by atoms with van der Waals surface area (Å²) in [5, 5.41) is 3.76. The van der Waals surface area contributed by atoms with Crippen LogP contribution in [-0.4, -0.2) is 18.8 Å². The van der Waals surface area contributed by atoms with Crippen molar-refractivity contribution < 1.29 is 4.74 Å². The molecule has 0 amide bonds. The molecule has 92 valence electrons. The summed E-state index contributed by atoms with van der Waals surface area (Å²) in [6.45, 7) is 3.07. The maximum Gasteiger partial charge on any atom is 0.0700 e. The van der Waals surface area contributed by atoms with E-state index in [1.54, 1.807) is 0 Å². The number of ether oxygens (including phenoxy) is 1. The zero-order chi connectivity index (χ0) is 11.8. The molecule has 1 saturated heterocycles. The summed E-state index contributed by atoms with van der Waals surface area (Å²) in [6, 6.07) is 7.70. The zero-order valence-corrected chi connectivity index (χ0v) is 11.7. The van der Waals surface area contributed by atoms with Gasteiger partial charge in [-0.15, -0.1) is 0 Å². The summed E-state index contributed by atoms with van der Waals surface area (Å²) in [6.07, 6.45) is 3.90. The molecular weight excluding hydrogens is 278 g/mol. The van der Waals surface area contributed by atoms with Crippen LogP contribution in [-0.2, 0) is 11.2 Å². The van der Waals surface area contributed by atoms with Crippen LogP contribution < -0.4 is 5.32 Å². The maximum atomic E-state index is 5.61. The number of rotatable bonds is 2. The van der Waals surface area contributed by atoms with E-state index in [4.69, 9.17) is 4.74 Å². The van der Waals surface area contributed by atoms with Gasteiger partial charge in [-0.2, -0.15) is 0 Å². The monoisotopic (exact) mass is 295 g/mol. The van der Waals surface area contributed by atoms with Crippen LogP contribution in [0.1, 0.15) is 36.9 Å². The van der Waals surface area contributed by atoms with Crippen LogP contribution >= 0.6 is 15.9 Å². The minimum atomic E-state index is 0.356. The molecule has 1 aliphatic carbocycles. The van der Waals surface area contributed by atoms with Gasteiger partial charge in [0, 0.05) is 23.2 Å². The molecule has 2 nitrogen and oxygen atoms in total. The molecule has 1 aliphatic heterocycles. The van der Waals surface area contributed by atoms with Crippen LogP contribution in [0.25, 0.3) is 0 Å². The summed E-state index contributed by atoms with van der Waals surface area (Å²) in [7, 11) is 0. The average molecular weight is 296 g/mol. The van der Waals surface area contributed by atoms with Gasteiger partial charge < -0.3 is 10.1 Å². The van der Waals surface area contributed by atoms with E-state index in [0.717, 1.165) is 13.0 Å². The van der Waals surface area contributed by atoms with Crippen molar-refractivity contribution in [1.82, 2.24) is 5.32 Å². The van der Waals surface area contributed by atoms with Crippen LogP contribution in [0.15, 0.2) is 22.7 Å². The lowest BCUT2D eigenvalue weighted by Gasteiger charge is -2.22. The number of halogens is 1. The summed E-state index contributed by atoms with van der Waals surface area (Å²) < 4.78 is 6.80. The zero-order valence-electron chi connectivity index (χ0n) is 10.1. The predicted molar refractivity (Wildman–Crippen MR) is 72.2 cm³/mol. The first kappa shape index (κ1) is 11.7. The van der Waals surface area contributed by atoms with Crippen LogP contribution in [0.5, 0.6) is 0 Å². The Balaban J connectivity index is 1.75. The number of hydrogen-bond donors (Lipinski definition) is 1. The van der Waals surface area contributed by atoms with Gasteiger partial charge in [0.15, 0.2) is 0 Å². The molecule has 3 heteroatoms. The topological polar surface area (TPSA) is 21.3 Å². The van der Waals surface area contributed by atoms with Crippen molar-refractivity contribution in [2.75, 3.05) is 6.61 Å². The molecule has 0 bridgehead atoms. The fraction of sp³-hybridized carbons (Fsp3) is 0.571. The Morgan fingerprint density at radius 1 is 1.35 bits per heavy atom. The van der Waals surface area contributed by atoms with E-state index in [0.29, 0.717) is 18.2 Å². The van der Waals surface area contributed by atoms with E-state index >= 15 is 0 Å². The molecule has 1 aromatic rings. The normalized spacial score (nSPS) is 31.8. The van der Waals surface area contributed by atoms with Gasteiger partial charge in [0.05, 0.1) is 6.10 Å². The summed E-state index contributed by atoms with van der Waals surface area (Å²) >= 11 is 3.54. The lowest BCUT2D eigenvalue weighted by Crippen LogP contribution is -2.36. The van der Waals surface area contributed by atoms with Gasteiger partial charge in [-0.3, -0.25) is 0 Å². The lowest BCUT2D eigenvalue weighted by atomic mass is 10.1.